The van der Waals surface area contributed by atoms with Crippen LogP contribution in [0.3, 0.4) is 0 Å². The second-order valence-corrected chi connectivity index (χ2v) is 6.60. The Morgan fingerprint density at radius 3 is 2.57 bits per heavy atom. The monoisotopic (exact) mass is 290 g/mol. The van der Waals surface area contributed by atoms with Crippen molar-refractivity contribution in [3.05, 3.63) is 23.8 Å². The zero-order valence-electron chi connectivity index (χ0n) is 14.0. The van der Waals surface area contributed by atoms with Gasteiger partial charge < -0.3 is 15.0 Å². The highest BCUT2D eigenvalue weighted by Gasteiger charge is 2.20. The smallest absolute Gasteiger partial charge is 0.141 e. The number of benzene rings is 1. The first-order chi connectivity index (χ1) is 10.1. The Morgan fingerprint density at radius 2 is 1.95 bits per heavy atom. The molecule has 21 heavy (non-hydrogen) atoms. The molecule has 1 unspecified atom stereocenters. The standard InChI is InChI=1S/C18H30N2O/c1-14(16-8-6-5-7-9-16)19-17-12-15(13-20(2)3)10-11-18(17)21-4/h10-12,14,16,19H,5-9,13H2,1-4H3. The molecule has 0 radical (unpaired) electrons. The van der Waals surface area contributed by atoms with Gasteiger partial charge in [0, 0.05) is 12.6 Å². The number of hydrogen-bond acceptors (Lipinski definition) is 3. The molecule has 0 spiro atoms. The second-order valence-electron chi connectivity index (χ2n) is 6.60. The van der Waals surface area contributed by atoms with Gasteiger partial charge in [-0.2, -0.15) is 0 Å². The molecule has 1 atom stereocenters. The fourth-order valence-electron chi connectivity index (χ4n) is 3.33. The number of ether oxygens (including phenoxy) is 1. The molecule has 2 rings (SSSR count). The molecular formula is C18H30N2O. The Morgan fingerprint density at radius 1 is 1.24 bits per heavy atom. The highest BCUT2D eigenvalue weighted by atomic mass is 16.5. The lowest BCUT2D eigenvalue weighted by Crippen LogP contribution is -2.28. The summed E-state index contributed by atoms with van der Waals surface area (Å²) < 4.78 is 5.52. The van der Waals surface area contributed by atoms with Crippen molar-refractivity contribution in [2.24, 2.45) is 5.92 Å². The lowest BCUT2D eigenvalue weighted by molar-refractivity contribution is 0.327. The molecule has 0 aromatic heterocycles. The first-order valence-corrected chi connectivity index (χ1v) is 8.18. The zero-order valence-corrected chi connectivity index (χ0v) is 14.0. The molecule has 3 nitrogen and oxygen atoms in total. The molecule has 1 saturated carbocycles. The van der Waals surface area contributed by atoms with Crippen molar-refractivity contribution in [2.45, 2.75) is 51.6 Å². The van der Waals surface area contributed by atoms with E-state index in [0.717, 1.165) is 23.9 Å². The normalized spacial score (nSPS) is 17.8. The van der Waals surface area contributed by atoms with E-state index in [0.29, 0.717) is 6.04 Å². The van der Waals surface area contributed by atoms with E-state index in [2.05, 4.69) is 49.4 Å². The van der Waals surface area contributed by atoms with Crippen LogP contribution >= 0.6 is 0 Å². The highest BCUT2D eigenvalue weighted by molar-refractivity contribution is 5.58. The van der Waals surface area contributed by atoms with Gasteiger partial charge in [-0.25, -0.2) is 0 Å². The summed E-state index contributed by atoms with van der Waals surface area (Å²) in [5.41, 5.74) is 2.45. The largest absolute Gasteiger partial charge is 0.495 e. The minimum Gasteiger partial charge on any atom is -0.495 e. The van der Waals surface area contributed by atoms with Gasteiger partial charge in [-0.15, -0.1) is 0 Å². The summed E-state index contributed by atoms with van der Waals surface area (Å²) in [5, 5.41) is 3.70. The van der Waals surface area contributed by atoms with Gasteiger partial charge in [0.1, 0.15) is 5.75 Å². The summed E-state index contributed by atoms with van der Waals surface area (Å²) in [6.45, 7) is 3.27. The van der Waals surface area contributed by atoms with Crippen LogP contribution in [-0.2, 0) is 6.54 Å². The van der Waals surface area contributed by atoms with E-state index in [1.54, 1.807) is 7.11 Å². The molecular weight excluding hydrogens is 260 g/mol. The molecule has 0 aliphatic heterocycles. The van der Waals surface area contributed by atoms with Gasteiger partial charge in [0.05, 0.1) is 12.8 Å². The zero-order chi connectivity index (χ0) is 15.2. The number of hydrogen-bond donors (Lipinski definition) is 1. The summed E-state index contributed by atoms with van der Waals surface area (Å²) in [6.07, 6.45) is 6.88. The van der Waals surface area contributed by atoms with E-state index < -0.39 is 0 Å². The Bertz CT molecular complexity index is 439. The predicted octanol–water partition coefficient (Wildman–Crippen LogP) is 4.14. The summed E-state index contributed by atoms with van der Waals surface area (Å²) >= 11 is 0. The van der Waals surface area contributed by atoms with E-state index in [9.17, 15) is 0 Å². The van der Waals surface area contributed by atoms with Crippen LogP contribution in [0.2, 0.25) is 0 Å². The van der Waals surface area contributed by atoms with Gasteiger partial charge in [0.25, 0.3) is 0 Å². The van der Waals surface area contributed by atoms with Crippen LogP contribution in [0, 0.1) is 5.92 Å². The van der Waals surface area contributed by atoms with E-state index >= 15 is 0 Å². The molecule has 1 aromatic rings. The van der Waals surface area contributed by atoms with Gasteiger partial charge >= 0.3 is 0 Å². The summed E-state index contributed by atoms with van der Waals surface area (Å²) in [7, 11) is 5.95. The molecule has 1 N–H and O–H groups in total. The lowest BCUT2D eigenvalue weighted by Gasteiger charge is -2.29. The number of nitrogens with zero attached hydrogens (tertiary/aromatic N) is 1. The predicted molar refractivity (Wildman–Crippen MR) is 90.0 cm³/mol. The van der Waals surface area contributed by atoms with Gasteiger partial charge in [0.2, 0.25) is 0 Å². The van der Waals surface area contributed by atoms with Gasteiger partial charge in [-0.05, 0) is 57.5 Å². The fourth-order valence-corrected chi connectivity index (χ4v) is 3.33. The first-order valence-electron chi connectivity index (χ1n) is 8.18. The van der Waals surface area contributed by atoms with E-state index in [1.165, 1.54) is 37.7 Å². The van der Waals surface area contributed by atoms with E-state index in [4.69, 9.17) is 4.74 Å². The minimum absolute atomic E-state index is 0.508. The van der Waals surface area contributed by atoms with Crippen LogP contribution < -0.4 is 10.1 Å². The van der Waals surface area contributed by atoms with Crippen LogP contribution in [0.4, 0.5) is 5.69 Å². The molecule has 0 heterocycles. The van der Waals surface area contributed by atoms with Gasteiger partial charge in [-0.1, -0.05) is 25.3 Å². The van der Waals surface area contributed by atoms with Crippen molar-refractivity contribution in [3.8, 4) is 5.75 Å². The number of nitrogens with one attached hydrogen (secondary N) is 1. The summed E-state index contributed by atoms with van der Waals surface area (Å²) in [4.78, 5) is 2.19. The summed E-state index contributed by atoms with van der Waals surface area (Å²) in [5.74, 6) is 1.74. The maximum Gasteiger partial charge on any atom is 0.141 e. The molecule has 0 amide bonds. The van der Waals surface area contributed by atoms with Crippen molar-refractivity contribution in [1.82, 2.24) is 4.90 Å². The molecule has 1 aliphatic carbocycles. The number of rotatable bonds is 6. The molecule has 0 saturated heterocycles. The molecule has 3 heteroatoms. The van der Waals surface area contributed by atoms with Crippen molar-refractivity contribution >= 4 is 5.69 Å². The molecule has 1 aromatic carbocycles. The third-order valence-corrected chi connectivity index (χ3v) is 4.50. The lowest BCUT2D eigenvalue weighted by atomic mass is 9.84. The van der Waals surface area contributed by atoms with Crippen LogP contribution in [0.1, 0.15) is 44.6 Å². The maximum absolute atomic E-state index is 5.52. The van der Waals surface area contributed by atoms with E-state index in [1.807, 2.05) is 0 Å². The van der Waals surface area contributed by atoms with Crippen LogP contribution in [0.5, 0.6) is 5.75 Å². The number of anilines is 1. The fraction of sp³-hybridized carbons (Fsp3) is 0.667. The topological polar surface area (TPSA) is 24.5 Å². The summed E-state index contributed by atoms with van der Waals surface area (Å²) in [6, 6.07) is 6.97. The van der Waals surface area contributed by atoms with Gasteiger partial charge in [-0.3, -0.25) is 0 Å². The first kappa shape index (κ1) is 16.2. The van der Waals surface area contributed by atoms with Crippen molar-refractivity contribution in [2.75, 3.05) is 26.5 Å². The van der Waals surface area contributed by atoms with Crippen LogP contribution in [0.15, 0.2) is 18.2 Å². The Labute approximate surface area is 129 Å². The maximum atomic E-state index is 5.52. The van der Waals surface area contributed by atoms with Crippen molar-refractivity contribution in [1.29, 1.82) is 0 Å². The number of methoxy groups -OCH3 is 1. The van der Waals surface area contributed by atoms with E-state index in [-0.39, 0.29) is 0 Å². The third-order valence-electron chi connectivity index (χ3n) is 4.50. The second kappa shape index (κ2) is 7.69. The third kappa shape index (κ3) is 4.63. The Balaban J connectivity index is 2.08. The SMILES string of the molecule is COc1ccc(CN(C)C)cc1NC(C)C1CCCCC1. The van der Waals surface area contributed by atoms with Crippen LogP contribution in [-0.4, -0.2) is 32.1 Å². The average molecular weight is 290 g/mol. The van der Waals surface area contributed by atoms with Crippen molar-refractivity contribution in [3.63, 3.8) is 0 Å². The average Bonchev–Trinajstić information content (AvgIpc) is 2.48. The van der Waals surface area contributed by atoms with Gasteiger partial charge in [0.15, 0.2) is 0 Å². The highest BCUT2D eigenvalue weighted by Crippen LogP contribution is 2.31. The van der Waals surface area contributed by atoms with Crippen molar-refractivity contribution < 1.29 is 4.74 Å². The molecule has 1 fully saturated rings. The van der Waals surface area contributed by atoms with Crippen LogP contribution in [0.25, 0.3) is 0 Å². The molecule has 0 bridgehead atoms. The Kier molecular flexibility index (Phi) is 5.92. The molecule has 118 valence electrons. The minimum atomic E-state index is 0.508. The Hall–Kier alpha value is -1.22. The quantitative estimate of drug-likeness (QED) is 0.852. The molecule has 1 aliphatic rings.